The molecular weight excluding hydrogens is 262 g/mol. The Morgan fingerprint density at radius 1 is 1.15 bits per heavy atom. The minimum absolute atomic E-state index is 0.122. The molecule has 0 heterocycles. The van der Waals surface area contributed by atoms with E-state index in [9.17, 15) is 18.7 Å². The standard InChI is InChI=1S/C16H14F2O2/c1-10-4-2-3-5-12(10)13(16(19)20)8-11-6-7-14(17)15(18)9-11/h2-7,9,13H,8H2,1H3,(H,19,20). The lowest BCUT2D eigenvalue weighted by molar-refractivity contribution is -0.138. The first kappa shape index (κ1) is 14.2. The molecule has 0 aliphatic carbocycles. The van der Waals surface area contributed by atoms with Crippen LogP contribution >= 0.6 is 0 Å². The number of hydrogen-bond donors (Lipinski definition) is 1. The lowest BCUT2D eigenvalue weighted by atomic mass is 9.89. The van der Waals surface area contributed by atoms with E-state index >= 15 is 0 Å². The molecule has 0 amide bonds. The number of carbonyl (C=O) groups is 1. The fourth-order valence-corrected chi connectivity index (χ4v) is 2.21. The van der Waals surface area contributed by atoms with E-state index in [1.54, 1.807) is 12.1 Å². The van der Waals surface area contributed by atoms with Gasteiger partial charge in [-0.25, -0.2) is 8.78 Å². The highest BCUT2D eigenvalue weighted by molar-refractivity contribution is 5.77. The molecule has 0 spiro atoms. The van der Waals surface area contributed by atoms with Gasteiger partial charge in [0.05, 0.1) is 5.92 Å². The van der Waals surface area contributed by atoms with E-state index in [-0.39, 0.29) is 6.42 Å². The van der Waals surface area contributed by atoms with Crippen molar-refractivity contribution in [2.45, 2.75) is 19.3 Å². The quantitative estimate of drug-likeness (QED) is 0.924. The van der Waals surface area contributed by atoms with Gasteiger partial charge in [0.1, 0.15) is 0 Å². The average Bonchev–Trinajstić information content (AvgIpc) is 2.41. The Morgan fingerprint density at radius 3 is 2.45 bits per heavy atom. The smallest absolute Gasteiger partial charge is 0.311 e. The van der Waals surface area contributed by atoms with Gasteiger partial charge in [-0.1, -0.05) is 30.3 Å². The first-order chi connectivity index (χ1) is 9.49. The largest absolute Gasteiger partial charge is 0.481 e. The Morgan fingerprint density at radius 2 is 1.85 bits per heavy atom. The molecular formula is C16H14F2O2. The molecule has 4 heteroatoms. The molecule has 0 aromatic heterocycles. The van der Waals surface area contributed by atoms with Crippen LogP contribution in [0.5, 0.6) is 0 Å². The summed E-state index contributed by atoms with van der Waals surface area (Å²) in [7, 11) is 0. The molecule has 2 aromatic rings. The fraction of sp³-hybridized carbons (Fsp3) is 0.188. The predicted molar refractivity (Wildman–Crippen MR) is 71.6 cm³/mol. The van der Waals surface area contributed by atoms with Crippen LogP contribution in [0.4, 0.5) is 8.78 Å². The van der Waals surface area contributed by atoms with Crippen molar-refractivity contribution < 1.29 is 18.7 Å². The first-order valence-electron chi connectivity index (χ1n) is 6.21. The topological polar surface area (TPSA) is 37.3 Å². The van der Waals surface area contributed by atoms with E-state index in [0.29, 0.717) is 11.1 Å². The van der Waals surface area contributed by atoms with Gasteiger partial charge in [0, 0.05) is 0 Å². The highest BCUT2D eigenvalue weighted by Crippen LogP contribution is 2.25. The molecule has 2 rings (SSSR count). The number of carboxylic acids is 1. The molecule has 0 aliphatic heterocycles. The van der Waals surface area contributed by atoms with E-state index in [1.165, 1.54) is 6.07 Å². The van der Waals surface area contributed by atoms with Gasteiger partial charge in [-0.05, 0) is 42.2 Å². The van der Waals surface area contributed by atoms with Crippen LogP contribution in [0.2, 0.25) is 0 Å². The lowest BCUT2D eigenvalue weighted by Gasteiger charge is -2.15. The Kier molecular flexibility index (Phi) is 4.13. The zero-order valence-electron chi connectivity index (χ0n) is 10.9. The van der Waals surface area contributed by atoms with Crippen molar-refractivity contribution in [3.05, 3.63) is 70.8 Å². The van der Waals surface area contributed by atoms with E-state index in [4.69, 9.17) is 0 Å². The first-order valence-corrected chi connectivity index (χ1v) is 6.21. The van der Waals surface area contributed by atoms with Gasteiger partial charge in [-0.2, -0.15) is 0 Å². The molecule has 0 radical (unpaired) electrons. The van der Waals surface area contributed by atoms with Gasteiger partial charge in [-0.3, -0.25) is 4.79 Å². The van der Waals surface area contributed by atoms with Crippen LogP contribution in [-0.4, -0.2) is 11.1 Å². The molecule has 1 N–H and O–H groups in total. The second kappa shape index (κ2) is 5.82. The van der Waals surface area contributed by atoms with Crippen molar-refractivity contribution in [2.24, 2.45) is 0 Å². The summed E-state index contributed by atoms with van der Waals surface area (Å²) in [5.41, 5.74) is 2.01. The van der Waals surface area contributed by atoms with E-state index in [1.807, 2.05) is 19.1 Å². The maximum atomic E-state index is 13.2. The molecule has 20 heavy (non-hydrogen) atoms. The van der Waals surface area contributed by atoms with E-state index in [0.717, 1.165) is 17.7 Å². The van der Waals surface area contributed by atoms with E-state index < -0.39 is 23.5 Å². The number of aryl methyl sites for hydroxylation is 1. The van der Waals surface area contributed by atoms with Crippen LogP contribution in [0, 0.1) is 18.6 Å². The van der Waals surface area contributed by atoms with Crippen molar-refractivity contribution >= 4 is 5.97 Å². The molecule has 0 bridgehead atoms. The molecule has 2 nitrogen and oxygen atoms in total. The third-order valence-electron chi connectivity index (χ3n) is 3.29. The van der Waals surface area contributed by atoms with Crippen molar-refractivity contribution in [2.75, 3.05) is 0 Å². The Balaban J connectivity index is 2.33. The van der Waals surface area contributed by atoms with Gasteiger partial charge in [-0.15, -0.1) is 0 Å². The summed E-state index contributed by atoms with van der Waals surface area (Å²) in [5, 5.41) is 9.37. The zero-order chi connectivity index (χ0) is 14.7. The van der Waals surface area contributed by atoms with Gasteiger partial charge in [0.25, 0.3) is 0 Å². The SMILES string of the molecule is Cc1ccccc1C(Cc1ccc(F)c(F)c1)C(=O)O. The summed E-state index contributed by atoms with van der Waals surface area (Å²) in [6.45, 7) is 1.83. The maximum absolute atomic E-state index is 13.2. The normalized spacial score (nSPS) is 12.2. The Hall–Kier alpha value is -2.23. The predicted octanol–water partition coefficient (Wildman–Crippen LogP) is 3.68. The van der Waals surface area contributed by atoms with Gasteiger partial charge >= 0.3 is 5.97 Å². The molecule has 0 saturated carbocycles. The van der Waals surface area contributed by atoms with Crippen molar-refractivity contribution in [3.8, 4) is 0 Å². The summed E-state index contributed by atoms with van der Waals surface area (Å²) in [5.74, 6) is -3.65. The highest BCUT2D eigenvalue weighted by atomic mass is 19.2. The molecule has 0 saturated heterocycles. The fourth-order valence-electron chi connectivity index (χ4n) is 2.21. The monoisotopic (exact) mass is 276 g/mol. The molecule has 1 atom stereocenters. The number of rotatable bonds is 4. The number of aliphatic carboxylic acids is 1. The van der Waals surface area contributed by atoms with E-state index in [2.05, 4.69) is 0 Å². The minimum Gasteiger partial charge on any atom is -0.481 e. The summed E-state index contributed by atoms with van der Waals surface area (Å²) in [6, 6.07) is 10.6. The summed E-state index contributed by atoms with van der Waals surface area (Å²) >= 11 is 0. The number of hydrogen-bond acceptors (Lipinski definition) is 1. The van der Waals surface area contributed by atoms with Crippen LogP contribution in [0.25, 0.3) is 0 Å². The Labute approximate surface area is 115 Å². The lowest BCUT2D eigenvalue weighted by Crippen LogP contribution is -2.15. The van der Waals surface area contributed by atoms with Crippen molar-refractivity contribution in [1.82, 2.24) is 0 Å². The van der Waals surface area contributed by atoms with Crippen molar-refractivity contribution in [1.29, 1.82) is 0 Å². The summed E-state index contributed by atoms with van der Waals surface area (Å²) in [4.78, 5) is 11.4. The van der Waals surface area contributed by atoms with Crippen LogP contribution < -0.4 is 0 Å². The molecule has 2 aromatic carbocycles. The summed E-state index contributed by atoms with van der Waals surface area (Å²) in [6.07, 6.45) is 0.122. The van der Waals surface area contributed by atoms with Crippen LogP contribution in [0.1, 0.15) is 22.6 Å². The maximum Gasteiger partial charge on any atom is 0.311 e. The second-order valence-electron chi connectivity index (χ2n) is 4.70. The minimum atomic E-state index is -0.982. The molecule has 104 valence electrons. The molecule has 1 unspecified atom stereocenters. The van der Waals surface area contributed by atoms with Gasteiger partial charge < -0.3 is 5.11 Å². The number of carboxylic acid groups (broad SMARTS) is 1. The third kappa shape index (κ3) is 3.02. The molecule has 0 fully saturated rings. The Bertz CT molecular complexity index is 638. The van der Waals surface area contributed by atoms with Gasteiger partial charge in [0.2, 0.25) is 0 Å². The average molecular weight is 276 g/mol. The second-order valence-corrected chi connectivity index (χ2v) is 4.70. The van der Waals surface area contributed by atoms with Crippen LogP contribution in [0.3, 0.4) is 0 Å². The van der Waals surface area contributed by atoms with Gasteiger partial charge in [0.15, 0.2) is 11.6 Å². The summed E-state index contributed by atoms with van der Waals surface area (Å²) < 4.78 is 26.1. The zero-order valence-corrected chi connectivity index (χ0v) is 10.9. The van der Waals surface area contributed by atoms with Crippen LogP contribution in [0.15, 0.2) is 42.5 Å². The highest BCUT2D eigenvalue weighted by Gasteiger charge is 2.22. The van der Waals surface area contributed by atoms with Crippen LogP contribution in [-0.2, 0) is 11.2 Å². The molecule has 0 aliphatic rings. The van der Waals surface area contributed by atoms with Crippen molar-refractivity contribution in [3.63, 3.8) is 0 Å². The number of benzene rings is 2. The number of halogens is 2. The third-order valence-corrected chi connectivity index (χ3v) is 3.29.